The maximum atomic E-state index is 5.87. The molecule has 2 rings (SSSR count). The van der Waals surface area contributed by atoms with Crippen LogP contribution in [0.5, 0.6) is 5.75 Å². The van der Waals surface area contributed by atoms with Gasteiger partial charge >= 0.3 is 0 Å². The summed E-state index contributed by atoms with van der Waals surface area (Å²) in [6.07, 6.45) is 1.72. The van der Waals surface area contributed by atoms with E-state index < -0.39 is 0 Å². The predicted octanol–water partition coefficient (Wildman–Crippen LogP) is 3.61. The van der Waals surface area contributed by atoms with Gasteiger partial charge in [-0.15, -0.1) is 11.3 Å². The number of ether oxygens (including phenoxy) is 1. The second kappa shape index (κ2) is 4.91. The van der Waals surface area contributed by atoms with Crippen LogP contribution in [0.2, 0.25) is 10.0 Å². The Bertz CT molecular complexity index is 488. The Morgan fingerprint density at radius 2 is 2.06 bits per heavy atom. The summed E-state index contributed by atoms with van der Waals surface area (Å²) in [5, 5.41) is 3.60. The Hall–Kier alpha value is -0.970. The molecule has 1 aromatic heterocycles. The second-order valence-corrected chi connectivity index (χ2v) is 4.81. The number of nitrogens with two attached hydrogens (primary N) is 1. The third-order valence-electron chi connectivity index (χ3n) is 1.89. The number of anilines is 1. The first-order valence-electron chi connectivity index (χ1n) is 4.42. The zero-order chi connectivity index (χ0) is 11.5. The molecule has 0 aliphatic heterocycles. The predicted molar refractivity (Wildman–Crippen MR) is 67.3 cm³/mol. The molecule has 2 N–H and O–H groups in total. The van der Waals surface area contributed by atoms with Crippen molar-refractivity contribution in [3.05, 3.63) is 38.8 Å². The van der Waals surface area contributed by atoms with Crippen molar-refractivity contribution in [3.8, 4) is 5.75 Å². The van der Waals surface area contributed by atoms with E-state index >= 15 is 0 Å². The summed E-state index contributed by atoms with van der Waals surface area (Å²) < 4.78 is 5.50. The monoisotopic (exact) mass is 274 g/mol. The summed E-state index contributed by atoms with van der Waals surface area (Å²) in [6.45, 7) is 0.375. The zero-order valence-electron chi connectivity index (χ0n) is 8.11. The molecule has 1 aromatic carbocycles. The number of nitrogen functional groups attached to an aromatic ring is 1. The lowest BCUT2D eigenvalue weighted by Crippen LogP contribution is -1.98. The molecular formula is C10H8Cl2N2OS. The lowest BCUT2D eigenvalue weighted by atomic mass is 10.3. The molecule has 6 heteroatoms. The molecule has 0 bridgehead atoms. The number of hydrogen-bond acceptors (Lipinski definition) is 4. The molecule has 84 valence electrons. The molecule has 0 atom stereocenters. The largest absolute Gasteiger partial charge is 0.484 e. The topological polar surface area (TPSA) is 48.1 Å². The van der Waals surface area contributed by atoms with Crippen LogP contribution in [0.25, 0.3) is 0 Å². The SMILES string of the molecule is Nc1cc(Cl)c(Cl)cc1OCc1nccs1. The van der Waals surface area contributed by atoms with Gasteiger partial charge in [0.05, 0.1) is 15.7 Å². The van der Waals surface area contributed by atoms with Crippen LogP contribution in [0.4, 0.5) is 5.69 Å². The molecule has 0 aliphatic rings. The molecule has 1 heterocycles. The van der Waals surface area contributed by atoms with E-state index in [1.165, 1.54) is 11.3 Å². The van der Waals surface area contributed by atoms with Crippen LogP contribution in [-0.4, -0.2) is 4.98 Å². The van der Waals surface area contributed by atoms with Crippen molar-refractivity contribution >= 4 is 40.2 Å². The minimum absolute atomic E-state index is 0.375. The third kappa shape index (κ3) is 2.58. The summed E-state index contributed by atoms with van der Waals surface area (Å²) in [6, 6.07) is 3.17. The first-order valence-corrected chi connectivity index (χ1v) is 6.06. The van der Waals surface area contributed by atoms with E-state index in [1.807, 2.05) is 5.38 Å². The standard InChI is InChI=1S/C10H8Cl2N2OS/c11-6-3-8(13)9(4-7(6)12)15-5-10-14-1-2-16-10/h1-4H,5,13H2. The Balaban J connectivity index is 2.12. The second-order valence-electron chi connectivity index (χ2n) is 3.02. The normalized spacial score (nSPS) is 10.4. The minimum atomic E-state index is 0.375. The molecule has 0 radical (unpaired) electrons. The van der Waals surface area contributed by atoms with Crippen LogP contribution in [0.3, 0.4) is 0 Å². The van der Waals surface area contributed by atoms with Gasteiger partial charge in [-0.05, 0) is 6.07 Å². The highest BCUT2D eigenvalue weighted by atomic mass is 35.5. The van der Waals surface area contributed by atoms with E-state index in [-0.39, 0.29) is 0 Å². The van der Waals surface area contributed by atoms with Crippen molar-refractivity contribution in [1.29, 1.82) is 0 Å². The van der Waals surface area contributed by atoms with Crippen LogP contribution in [0.15, 0.2) is 23.7 Å². The van der Waals surface area contributed by atoms with E-state index in [0.717, 1.165) is 5.01 Å². The van der Waals surface area contributed by atoms with Crippen molar-refractivity contribution in [2.45, 2.75) is 6.61 Å². The van der Waals surface area contributed by atoms with Crippen LogP contribution < -0.4 is 10.5 Å². The molecule has 2 aromatic rings. The molecule has 0 saturated carbocycles. The summed E-state index contributed by atoms with van der Waals surface area (Å²) in [5.74, 6) is 0.518. The molecule has 0 amide bonds. The zero-order valence-corrected chi connectivity index (χ0v) is 10.4. The number of nitrogens with zero attached hydrogens (tertiary/aromatic N) is 1. The number of benzene rings is 1. The Labute approximate surface area is 107 Å². The highest BCUT2D eigenvalue weighted by Crippen LogP contribution is 2.32. The van der Waals surface area contributed by atoms with Gasteiger partial charge in [0.25, 0.3) is 0 Å². The van der Waals surface area contributed by atoms with E-state index in [1.54, 1.807) is 18.3 Å². The molecule has 0 unspecified atom stereocenters. The van der Waals surface area contributed by atoms with Crippen LogP contribution >= 0.6 is 34.5 Å². The molecule has 0 spiro atoms. The molecule has 0 aliphatic carbocycles. The number of rotatable bonds is 3. The van der Waals surface area contributed by atoms with E-state index in [9.17, 15) is 0 Å². The van der Waals surface area contributed by atoms with Gasteiger partial charge in [-0.25, -0.2) is 4.98 Å². The van der Waals surface area contributed by atoms with E-state index in [4.69, 9.17) is 33.7 Å². The van der Waals surface area contributed by atoms with Gasteiger partial charge in [-0.3, -0.25) is 0 Å². The van der Waals surface area contributed by atoms with Gasteiger partial charge in [0.15, 0.2) is 0 Å². The lowest BCUT2D eigenvalue weighted by Gasteiger charge is -2.08. The fourth-order valence-corrected chi connectivity index (χ4v) is 1.99. The smallest absolute Gasteiger partial charge is 0.144 e. The fourth-order valence-electron chi connectivity index (χ4n) is 1.13. The summed E-state index contributed by atoms with van der Waals surface area (Å²) in [7, 11) is 0. The Morgan fingerprint density at radius 3 is 2.75 bits per heavy atom. The highest BCUT2D eigenvalue weighted by molar-refractivity contribution is 7.09. The molecule has 0 saturated heterocycles. The highest BCUT2D eigenvalue weighted by Gasteiger charge is 2.07. The van der Waals surface area contributed by atoms with Crippen LogP contribution in [0.1, 0.15) is 5.01 Å². The van der Waals surface area contributed by atoms with Crippen LogP contribution in [0, 0.1) is 0 Å². The van der Waals surface area contributed by atoms with Gasteiger partial charge in [0.2, 0.25) is 0 Å². The number of thiazole rings is 1. The molecule has 0 fully saturated rings. The fraction of sp³-hybridized carbons (Fsp3) is 0.100. The number of hydrogen-bond donors (Lipinski definition) is 1. The van der Waals surface area contributed by atoms with Gasteiger partial charge in [0, 0.05) is 17.6 Å². The van der Waals surface area contributed by atoms with Gasteiger partial charge < -0.3 is 10.5 Å². The van der Waals surface area contributed by atoms with Crippen molar-refractivity contribution in [2.75, 3.05) is 5.73 Å². The van der Waals surface area contributed by atoms with Crippen molar-refractivity contribution in [2.24, 2.45) is 0 Å². The number of aromatic nitrogens is 1. The average molecular weight is 275 g/mol. The lowest BCUT2D eigenvalue weighted by molar-refractivity contribution is 0.307. The molecule has 3 nitrogen and oxygen atoms in total. The quantitative estimate of drug-likeness (QED) is 0.870. The van der Waals surface area contributed by atoms with Gasteiger partial charge in [-0.2, -0.15) is 0 Å². The van der Waals surface area contributed by atoms with Crippen molar-refractivity contribution in [3.63, 3.8) is 0 Å². The van der Waals surface area contributed by atoms with Crippen LogP contribution in [-0.2, 0) is 6.61 Å². The molecule has 16 heavy (non-hydrogen) atoms. The Morgan fingerprint density at radius 1 is 1.31 bits per heavy atom. The van der Waals surface area contributed by atoms with E-state index in [0.29, 0.717) is 28.1 Å². The third-order valence-corrected chi connectivity index (χ3v) is 3.36. The Kier molecular flexibility index (Phi) is 3.53. The van der Waals surface area contributed by atoms with Crippen molar-refractivity contribution in [1.82, 2.24) is 4.98 Å². The maximum absolute atomic E-state index is 5.87. The molecular weight excluding hydrogens is 267 g/mol. The van der Waals surface area contributed by atoms with Gasteiger partial charge in [-0.1, -0.05) is 23.2 Å². The van der Waals surface area contributed by atoms with Gasteiger partial charge in [0.1, 0.15) is 17.4 Å². The number of halogens is 2. The first-order chi connectivity index (χ1) is 7.66. The summed E-state index contributed by atoms with van der Waals surface area (Å²) >= 11 is 13.2. The summed E-state index contributed by atoms with van der Waals surface area (Å²) in [5.41, 5.74) is 6.21. The van der Waals surface area contributed by atoms with E-state index in [2.05, 4.69) is 4.98 Å². The maximum Gasteiger partial charge on any atom is 0.144 e. The van der Waals surface area contributed by atoms with Crippen molar-refractivity contribution < 1.29 is 4.74 Å². The average Bonchev–Trinajstić information content (AvgIpc) is 2.74. The summed E-state index contributed by atoms with van der Waals surface area (Å²) in [4.78, 5) is 4.09. The minimum Gasteiger partial charge on any atom is -0.484 e. The first kappa shape index (κ1) is 11.5.